The Bertz CT molecular complexity index is 3070. The standard InChI is InChI=1S/C48H30N2Se/c1-2-12-31(13-3-1)32-24-26-33(27-25-32)35-17-10-22-45-47(35)48-44(21-11-23-46(48)51-45)50-42-20-9-6-16-38(42)39-30-34(28-29-43(39)50)49-40-18-7-4-14-36(40)37-15-5-8-19-41(37)49/h1-30H. The van der Waals surface area contributed by atoms with E-state index in [1.165, 1.54) is 96.5 Å². The molecule has 3 heteroatoms. The summed E-state index contributed by atoms with van der Waals surface area (Å²) in [5.41, 5.74) is 12.4. The summed E-state index contributed by atoms with van der Waals surface area (Å²) in [6, 6.07) is 67.0. The van der Waals surface area contributed by atoms with E-state index in [4.69, 9.17) is 0 Å². The van der Waals surface area contributed by atoms with Gasteiger partial charge in [-0.15, -0.1) is 0 Å². The molecule has 11 aromatic rings. The molecule has 0 aliphatic heterocycles. The summed E-state index contributed by atoms with van der Waals surface area (Å²) in [5, 5.41) is 7.83. The molecule has 0 N–H and O–H groups in total. The van der Waals surface area contributed by atoms with Crippen LogP contribution in [-0.2, 0) is 0 Å². The number of fused-ring (bicyclic) bond motifs is 9. The van der Waals surface area contributed by atoms with Crippen LogP contribution in [0, 0.1) is 0 Å². The van der Waals surface area contributed by atoms with Crippen molar-refractivity contribution in [3.63, 3.8) is 0 Å². The molecule has 0 radical (unpaired) electrons. The first-order valence-corrected chi connectivity index (χ1v) is 19.2. The van der Waals surface area contributed by atoms with Crippen LogP contribution < -0.4 is 0 Å². The summed E-state index contributed by atoms with van der Waals surface area (Å²) in [7, 11) is 0. The number of hydrogen-bond acceptors (Lipinski definition) is 0. The predicted molar refractivity (Wildman–Crippen MR) is 218 cm³/mol. The zero-order valence-electron chi connectivity index (χ0n) is 27.6. The van der Waals surface area contributed by atoms with Crippen LogP contribution in [0.5, 0.6) is 0 Å². The number of rotatable bonds is 4. The van der Waals surface area contributed by atoms with Crippen molar-refractivity contribution >= 4 is 77.4 Å². The average molecular weight is 714 g/mol. The van der Waals surface area contributed by atoms with Crippen molar-refractivity contribution in [3.8, 4) is 33.6 Å². The van der Waals surface area contributed by atoms with Crippen LogP contribution in [0.25, 0.3) is 96.5 Å². The van der Waals surface area contributed by atoms with Crippen molar-refractivity contribution in [2.75, 3.05) is 0 Å². The second-order valence-corrected chi connectivity index (χ2v) is 15.6. The third-order valence-electron chi connectivity index (χ3n) is 10.5. The van der Waals surface area contributed by atoms with Gasteiger partial charge in [-0.05, 0) is 0 Å². The Kier molecular flexibility index (Phi) is 6.30. The number of aromatic nitrogens is 2. The van der Waals surface area contributed by atoms with Crippen molar-refractivity contribution in [2.45, 2.75) is 0 Å². The number of para-hydroxylation sites is 3. The zero-order chi connectivity index (χ0) is 33.5. The molecule has 0 bridgehead atoms. The van der Waals surface area contributed by atoms with E-state index in [2.05, 4.69) is 191 Å². The van der Waals surface area contributed by atoms with Gasteiger partial charge in [0.1, 0.15) is 0 Å². The number of benzene rings is 8. The van der Waals surface area contributed by atoms with E-state index in [-0.39, 0.29) is 14.5 Å². The molecule has 2 nitrogen and oxygen atoms in total. The minimum absolute atomic E-state index is 0.225. The minimum atomic E-state index is 0.225. The van der Waals surface area contributed by atoms with Crippen LogP contribution in [-0.4, -0.2) is 23.6 Å². The molecule has 238 valence electrons. The molecule has 0 aliphatic rings. The van der Waals surface area contributed by atoms with Gasteiger partial charge in [-0.2, -0.15) is 0 Å². The summed E-state index contributed by atoms with van der Waals surface area (Å²) >= 11 is 0.225. The van der Waals surface area contributed by atoms with E-state index in [0.29, 0.717) is 0 Å². The molecule has 0 amide bonds. The molecule has 11 rings (SSSR count). The first-order valence-electron chi connectivity index (χ1n) is 17.4. The van der Waals surface area contributed by atoms with Gasteiger partial charge in [-0.3, -0.25) is 0 Å². The molecule has 8 aromatic carbocycles. The fourth-order valence-electron chi connectivity index (χ4n) is 8.31. The van der Waals surface area contributed by atoms with Gasteiger partial charge in [0.15, 0.2) is 0 Å². The molecule has 0 spiro atoms. The topological polar surface area (TPSA) is 9.86 Å². The van der Waals surface area contributed by atoms with Crippen LogP contribution in [0.4, 0.5) is 0 Å². The SMILES string of the molecule is c1ccc(-c2ccc(-c3cccc4[se]c5cccc(-n6c7ccccc7c7cc(-n8c9ccccc9c9ccccc98)ccc76)c5c34)cc2)cc1. The second-order valence-electron chi connectivity index (χ2n) is 13.3. The fourth-order valence-corrected chi connectivity index (χ4v) is 10.7. The van der Waals surface area contributed by atoms with Crippen LogP contribution in [0.3, 0.4) is 0 Å². The Balaban J connectivity index is 1.15. The van der Waals surface area contributed by atoms with Crippen molar-refractivity contribution in [2.24, 2.45) is 0 Å². The molecule has 0 aliphatic carbocycles. The Hall–Kier alpha value is -6.12. The summed E-state index contributed by atoms with van der Waals surface area (Å²) in [6.07, 6.45) is 0. The second kappa shape index (κ2) is 11.2. The molecule has 3 aromatic heterocycles. The summed E-state index contributed by atoms with van der Waals surface area (Å²) in [5.74, 6) is 0. The molecule has 0 saturated carbocycles. The Labute approximate surface area is 300 Å². The van der Waals surface area contributed by atoms with E-state index in [9.17, 15) is 0 Å². The van der Waals surface area contributed by atoms with Gasteiger partial charge in [-0.25, -0.2) is 0 Å². The summed E-state index contributed by atoms with van der Waals surface area (Å²) in [4.78, 5) is 0. The zero-order valence-corrected chi connectivity index (χ0v) is 29.3. The quantitative estimate of drug-likeness (QED) is 0.161. The van der Waals surface area contributed by atoms with Crippen molar-refractivity contribution in [1.82, 2.24) is 9.13 Å². The first kappa shape index (κ1) is 28.7. The van der Waals surface area contributed by atoms with Gasteiger partial charge in [0.05, 0.1) is 0 Å². The van der Waals surface area contributed by atoms with Gasteiger partial charge < -0.3 is 0 Å². The van der Waals surface area contributed by atoms with Crippen LogP contribution >= 0.6 is 0 Å². The van der Waals surface area contributed by atoms with Gasteiger partial charge in [-0.1, -0.05) is 12.1 Å². The Morgan fingerprint density at radius 3 is 1.57 bits per heavy atom. The monoisotopic (exact) mass is 714 g/mol. The fraction of sp³-hybridized carbons (Fsp3) is 0. The van der Waals surface area contributed by atoms with Crippen LogP contribution in [0.15, 0.2) is 182 Å². The van der Waals surface area contributed by atoms with E-state index in [1.54, 1.807) is 0 Å². The molecule has 0 atom stereocenters. The maximum atomic E-state index is 2.51. The molecule has 3 heterocycles. The van der Waals surface area contributed by atoms with Gasteiger partial charge in [0.2, 0.25) is 0 Å². The molecular formula is C48H30N2Se. The van der Waals surface area contributed by atoms with Crippen molar-refractivity contribution in [3.05, 3.63) is 182 Å². The molecular weight excluding hydrogens is 684 g/mol. The van der Waals surface area contributed by atoms with E-state index < -0.39 is 0 Å². The first-order chi connectivity index (χ1) is 25.3. The molecule has 0 unspecified atom stereocenters. The number of hydrogen-bond donors (Lipinski definition) is 0. The molecule has 0 fully saturated rings. The number of nitrogens with zero attached hydrogens (tertiary/aromatic N) is 2. The van der Waals surface area contributed by atoms with E-state index in [1.807, 2.05) is 0 Å². The molecule has 51 heavy (non-hydrogen) atoms. The average Bonchev–Trinajstić information content (AvgIpc) is 3.86. The maximum absolute atomic E-state index is 2.51. The molecule has 0 saturated heterocycles. The normalized spacial score (nSPS) is 11.9. The Morgan fingerprint density at radius 1 is 0.333 bits per heavy atom. The van der Waals surface area contributed by atoms with Crippen LogP contribution in [0.1, 0.15) is 0 Å². The third kappa shape index (κ3) is 4.29. The predicted octanol–water partition coefficient (Wildman–Crippen LogP) is 12.6. The van der Waals surface area contributed by atoms with E-state index in [0.717, 1.165) is 0 Å². The Morgan fingerprint density at radius 2 is 0.863 bits per heavy atom. The summed E-state index contributed by atoms with van der Waals surface area (Å²) in [6.45, 7) is 0. The van der Waals surface area contributed by atoms with Gasteiger partial charge in [0, 0.05) is 0 Å². The van der Waals surface area contributed by atoms with Gasteiger partial charge in [0.25, 0.3) is 0 Å². The van der Waals surface area contributed by atoms with E-state index >= 15 is 0 Å². The summed E-state index contributed by atoms with van der Waals surface area (Å²) < 4.78 is 7.82. The van der Waals surface area contributed by atoms with Crippen LogP contribution in [0.2, 0.25) is 0 Å². The van der Waals surface area contributed by atoms with Gasteiger partial charge >= 0.3 is 290 Å². The third-order valence-corrected chi connectivity index (χ3v) is 12.9. The van der Waals surface area contributed by atoms with Crippen molar-refractivity contribution in [1.29, 1.82) is 0 Å². The van der Waals surface area contributed by atoms with Crippen molar-refractivity contribution < 1.29 is 0 Å².